The molecule has 0 fully saturated rings. The molecule has 0 bridgehead atoms. The number of halogens is 2. The largest absolute Gasteiger partial charge is 0.460 e. The molecule has 1 heterocycles. The van der Waals surface area contributed by atoms with Crippen LogP contribution in [0.25, 0.3) is 11.1 Å². The summed E-state index contributed by atoms with van der Waals surface area (Å²) in [6, 6.07) is 9.00. The van der Waals surface area contributed by atoms with Crippen molar-refractivity contribution in [2.24, 2.45) is 16.9 Å². The number of alkyl carbamates (subject to hydrolysis) is 1. The number of hydrogen-bond acceptors (Lipinski definition) is 11. The molecule has 0 aliphatic rings. The first-order valence-electron chi connectivity index (χ1n) is 22.3. The molecular weight excluding hydrogens is 887 g/mol. The first-order valence-corrected chi connectivity index (χ1v) is 22.3. The maximum atomic E-state index is 15.3. The fourth-order valence-corrected chi connectivity index (χ4v) is 7.22. The molecule has 9 N–H and O–H groups in total. The first kappa shape index (κ1) is 55.9. The van der Waals surface area contributed by atoms with E-state index in [2.05, 4.69) is 21.3 Å². The summed E-state index contributed by atoms with van der Waals surface area (Å²) in [6.45, 7) is 14.1. The van der Waals surface area contributed by atoms with E-state index >= 15 is 4.39 Å². The molecule has 0 radical (unpaired) electrons. The Bertz CT molecular complexity index is 2230. The minimum absolute atomic E-state index is 0.0238. The van der Waals surface area contributed by atoms with Crippen molar-refractivity contribution in [1.82, 2.24) is 30.7 Å². The average molecular weight is 955 g/mol. The lowest BCUT2D eigenvalue weighted by molar-refractivity contribution is -0.155. The maximum Gasteiger partial charge on any atom is 0.408 e. The molecule has 0 aliphatic heterocycles. The SMILES string of the molecule is CC(C)(C)OC(=O)CCC(NC(=O)OC(C)(C)C)C(=O)NCCNC(=O)C(CCN(C(=O)CO)C(c1cc(-c2cc(F)ccc2F)cn1Cc1ccccc1)C(C)(C)C)NC(=O)[C@@H](N)CC(N)=O. The fourth-order valence-electron chi connectivity index (χ4n) is 7.22. The zero-order valence-electron chi connectivity index (χ0n) is 40.4. The quantitative estimate of drug-likeness (QED) is 0.0564. The lowest BCUT2D eigenvalue weighted by Crippen LogP contribution is -2.55. The van der Waals surface area contributed by atoms with E-state index in [9.17, 15) is 43.1 Å². The molecular formula is C48H68F2N8O10. The molecule has 4 atom stereocenters. The number of hydrogen-bond donors (Lipinski definition) is 7. The van der Waals surface area contributed by atoms with Gasteiger partial charge in [-0.25, -0.2) is 13.6 Å². The molecule has 3 aromatic rings. The van der Waals surface area contributed by atoms with Gasteiger partial charge in [0.2, 0.25) is 29.5 Å². The second kappa shape index (κ2) is 24.6. The molecule has 3 rings (SSSR count). The maximum absolute atomic E-state index is 15.3. The number of nitrogens with zero attached hydrogens (tertiary/aromatic N) is 2. The Labute approximate surface area is 396 Å². The minimum Gasteiger partial charge on any atom is -0.460 e. The zero-order valence-corrected chi connectivity index (χ0v) is 40.4. The van der Waals surface area contributed by atoms with Crippen LogP contribution in [-0.2, 0) is 44.8 Å². The van der Waals surface area contributed by atoms with Crippen LogP contribution in [0.2, 0.25) is 0 Å². The van der Waals surface area contributed by atoms with Crippen LogP contribution in [0.5, 0.6) is 0 Å². The van der Waals surface area contributed by atoms with Crippen LogP contribution in [0, 0.1) is 17.0 Å². The third-order valence-corrected chi connectivity index (χ3v) is 10.1. The smallest absolute Gasteiger partial charge is 0.408 e. The van der Waals surface area contributed by atoms with E-state index in [0.29, 0.717) is 11.3 Å². The highest BCUT2D eigenvalue weighted by Crippen LogP contribution is 2.41. The van der Waals surface area contributed by atoms with Gasteiger partial charge in [-0.05, 0) is 89.6 Å². The molecule has 68 heavy (non-hydrogen) atoms. The molecule has 18 nitrogen and oxygen atoms in total. The molecule has 6 amide bonds. The number of esters is 1. The van der Waals surface area contributed by atoms with Gasteiger partial charge < -0.3 is 56.8 Å². The van der Waals surface area contributed by atoms with Gasteiger partial charge >= 0.3 is 12.1 Å². The number of aliphatic hydroxyl groups excluding tert-OH is 1. The number of amides is 6. The van der Waals surface area contributed by atoms with Crippen LogP contribution >= 0.6 is 0 Å². The van der Waals surface area contributed by atoms with Gasteiger partial charge in [0.05, 0.1) is 18.5 Å². The van der Waals surface area contributed by atoms with Gasteiger partial charge in [-0.2, -0.15) is 0 Å². The fraction of sp³-hybridized carbons (Fsp3) is 0.521. The van der Waals surface area contributed by atoms with Gasteiger partial charge in [0.15, 0.2) is 0 Å². The molecule has 0 spiro atoms. The molecule has 3 unspecified atom stereocenters. The van der Waals surface area contributed by atoms with Crippen molar-refractivity contribution in [1.29, 1.82) is 0 Å². The molecule has 0 aliphatic carbocycles. The monoisotopic (exact) mass is 955 g/mol. The predicted octanol–water partition coefficient (Wildman–Crippen LogP) is 3.71. The number of primary amides is 1. The molecule has 1 aromatic heterocycles. The standard InChI is InChI=1S/C48H68F2N8O10/c1-46(2,3)41(37-23-30(32-24-31(49)15-16-33(32)50)27-57(37)26-29-13-11-10-12-14-29)58(39(61)28-59)22-19-36(55-42(63)34(51)25-38(52)60)44(65)54-21-20-53-43(64)35(56-45(66)68-48(7,8)9)17-18-40(62)67-47(4,5)6/h10-16,23-24,27,34-36,41,59H,17-22,25-26,28,51H2,1-9H3,(H2,52,60)(H,53,64)(H,54,65)(H,55,63)(H,56,66)/t34-,35?,36?,41?/m0/s1. The van der Waals surface area contributed by atoms with E-state index in [1.54, 1.807) is 58.4 Å². The molecule has 0 saturated heterocycles. The molecule has 2 aromatic carbocycles. The summed E-state index contributed by atoms with van der Waals surface area (Å²) in [6.07, 6.45) is -0.457. The second-order valence-corrected chi connectivity index (χ2v) is 19.4. The summed E-state index contributed by atoms with van der Waals surface area (Å²) in [7, 11) is 0. The van der Waals surface area contributed by atoms with E-state index in [1.807, 2.05) is 51.1 Å². The summed E-state index contributed by atoms with van der Waals surface area (Å²) in [5, 5.41) is 20.6. The van der Waals surface area contributed by atoms with Crippen LogP contribution in [0.4, 0.5) is 13.6 Å². The topological polar surface area (TPSA) is 267 Å². The Kier molecular flexibility index (Phi) is 20.2. The normalized spacial score (nSPS) is 13.5. The van der Waals surface area contributed by atoms with Gasteiger partial charge in [-0.1, -0.05) is 51.1 Å². The number of carbonyl (C=O) groups excluding carboxylic acids is 7. The van der Waals surface area contributed by atoms with E-state index in [1.165, 1.54) is 4.90 Å². The Morgan fingerprint density at radius 2 is 1.37 bits per heavy atom. The average Bonchev–Trinajstić information content (AvgIpc) is 3.62. The van der Waals surface area contributed by atoms with E-state index in [0.717, 1.165) is 23.8 Å². The zero-order chi connectivity index (χ0) is 51.1. The third kappa shape index (κ3) is 18.3. The van der Waals surface area contributed by atoms with Crippen molar-refractivity contribution >= 4 is 41.6 Å². The predicted molar refractivity (Wildman–Crippen MR) is 249 cm³/mol. The van der Waals surface area contributed by atoms with Crippen molar-refractivity contribution in [2.45, 2.75) is 130 Å². The summed E-state index contributed by atoms with van der Waals surface area (Å²) >= 11 is 0. The van der Waals surface area contributed by atoms with Gasteiger partial charge in [0.1, 0.15) is 41.5 Å². The van der Waals surface area contributed by atoms with Crippen LogP contribution < -0.4 is 32.7 Å². The third-order valence-electron chi connectivity index (χ3n) is 10.1. The minimum atomic E-state index is -1.45. The summed E-state index contributed by atoms with van der Waals surface area (Å²) in [4.78, 5) is 92.5. The van der Waals surface area contributed by atoms with Gasteiger partial charge in [0, 0.05) is 55.6 Å². The van der Waals surface area contributed by atoms with Crippen molar-refractivity contribution in [3.63, 3.8) is 0 Å². The number of aromatic nitrogens is 1. The number of ether oxygens (including phenoxy) is 2. The Hall–Kier alpha value is -6.41. The van der Waals surface area contributed by atoms with Crippen molar-refractivity contribution in [3.05, 3.63) is 83.7 Å². The highest BCUT2D eigenvalue weighted by molar-refractivity contribution is 5.92. The number of carbonyl (C=O) groups is 7. The number of nitrogens with one attached hydrogen (secondary N) is 4. The Morgan fingerprint density at radius 3 is 1.91 bits per heavy atom. The molecule has 0 saturated carbocycles. The lowest BCUT2D eigenvalue weighted by Gasteiger charge is -2.41. The summed E-state index contributed by atoms with van der Waals surface area (Å²) in [5.41, 5.74) is 10.3. The molecule has 374 valence electrons. The lowest BCUT2D eigenvalue weighted by atomic mass is 9.82. The van der Waals surface area contributed by atoms with E-state index in [-0.39, 0.29) is 51.0 Å². The number of nitrogens with two attached hydrogens (primary N) is 2. The number of benzene rings is 2. The first-order chi connectivity index (χ1) is 31.6. The van der Waals surface area contributed by atoms with E-state index in [4.69, 9.17) is 20.9 Å². The van der Waals surface area contributed by atoms with Crippen LogP contribution in [0.1, 0.15) is 105 Å². The van der Waals surface area contributed by atoms with Crippen molar-refractivity contribution < 1.29 is 56.9 Å². The van der Waals surface area contributed by atoms with Crippen molar-refractivity contribution in [2.75, 3.05) is 26.2 Å². The van der Waals surface area contributed by atoms with Crippen molar-refractivity contribution in [3.8, 4) is 11.1 Å². The van der Waals surface area contributed by atoms with Gasteiger partial charge in [-0.3, -0.25) is 28.8 Å². The highest BCUT2D eigenvalue weighted by Gasteiger charge is 2.38. The number of rotatable bonds is 22. The number of aliphatic hydroxyl groups is 1. The summed E-state index contributed by atoms with van der Waals surface area (Å²) in [5.74, 6) is -5.98. The van der Waals surface area contributed by atoms with E-state index < -0.39 is 107 Å². The highest BCUT2D eigenvalue weighted by atomic mass is 19.1. The molecule has 20 heteroatoms. The van der Waals surface area contributed by atoms with Crippen LogP contribution in [-0.4, -0.2) is 112 Å². The Balaban J connectivity index is 1.94. The van der Waals surface area contributed by atoms with Gasteiger partial charge in [-0.15, -0.1) is 0 Å². The van der Waals surface area contributed by atoms with Gasteiger partial charge in [0.25, 0.3) is 0 Å². The van der Waals surface area contributed by atoms with Crippen LogP contribution in [0.15, 0.2) is 60.8 Å². The Morgan fingerprint density at radius 1 is 0.779 bits per heavy atom. The summed E-state index contributed by atoms with van der Waals surface area (Å²) < 4.78 is 42.2. The van der Waals surface area contributed by atoms with Crippen LogP contribution in [0.3, 0.4) is 0 Å². The second-order valence-electron chi connectivity index (χ2n) is 19.4.